The topological polar surface area (TPSA) is 131 Å². The van der Waals surface area contributed by atoms with Crippen LogP contribution < -0.4 is 10.9 Å². The largest absolute Gasteiger partial charge is 0.436 e. The van der Waals surface area contributed by atoms with E-state index in [0.717, 1.165) is 18.2 Å². The highest BCUT2D eigenvalue weighted by Gasteiger charge is 2.30. The quantitative estimate of drug-likeness (QED) is 0.293. The van der Waals surface area contributed by atoms with Crippen LogP contribution in [-0.2, 0) is 12.8 Å². The number of benzene rings is 2. The lowest BCUT2D eigenvalue weighted by Gasteiger charge is -2.11. The molecule has 0 spiro atoms. The minimum absolute atomic E-state index is 0.107. The second-order valence-corrected chi connectivity index (χ2v) is 7.65. The number of hydrogen-bond donors (Lipinski definition) is 2. The average molecular weight is 498 g/mol. The van der Waals surface area contributed by atoms with E-state index in [2.05, 4.69) is 15.3 Å². The van der Waals surface area contributed by atoms with Gasteiger partial charge in [-0.15, -0.1) is 0 Å². The Bertz CT molecular complexity index is 1550. The van der Waals surface area contributed by atoms with Gasteiger partial charge in [0.2, 0.25) is 5.55 Å². The zero-order valence-electron chi connectivity index (χ0n) is 18.5. The van der Waals surface area contributed by atoms with Crippen molar-refractivity contribution in [2.24, 2.45) is 4.99 Å². The van der Waals surface area contributed by atoms with Gasteiger partial charge in [-0.1, -0.05) is 6.07 Å². The Balaban J connectivity index is 1.87. The van der Waals surface area contributed by atoms with Gasteiger partial charge in [-0.05, 0) is 43.3 Å². The number of hydrogen-bond acceptors (Lipinski definition) is 7. The van der Waals surface area contributed by atoms with Crippen LogP contribution in [0, 0.1) is 17.0 Å². The molecule has 0 aliphatic rings. The SMILES string of the molecule is Cc1ncc(CO)c2cc(C(=O)Nc3cccc(C(F)(F)F)c3)c(=Nc3ccc([N+](=O)[O-])cc3)oc12. The van der Waals surface area contributed by atoms with Crippen LogP contribution in [0.5, 0.6) is 0 Å². The molecule has 4 aromatic rings. The molecule has 0 fully saturated rings. The van der Waals surface area contributed by atoms with Gasteiger partial charge in [0.05, 0.1) is 28.5 Å². The lowest BCUT2D eigenvalue weighted by molar-refractivity contribution is -0.384. The summed E-state index contributed by atoms with van der Waals surface area (Å²) >= 11 is 0. The number of pyridine rings is 1. The summed E-state index contributed by atoms with van der Waals surface area (Å²) in [6, 6.07) is 10.7. The minimum Gasteiger partial charge on any atom is -0.436 e. The summed E-state index contributed by atoms with van der Waals surface area (Å²) in [5, 5.41) is 23.4. The predicted molar refractivity (Wildman–Crippen MR) is 122 cm³/mol. The zero-order valence-corrected chi connectivity index (χ0v) is 18.5. The number of fused-ring (bicyclic) bond motifs is 1. The highest BCUT2D eigenvalue weighted by Crippen LogP contribution is 2.31. The standard InChI is InChI=1S/C24H17F3N4O5/c1-13-21-19(14(12-32)11-28-13)10-20(22(33)29-17-4-2-3-15(9-17)24(25,26)27)23(36-21)30-16-5-7-18(8-6-16)31(34)35/h2-11,32H,12H2,1H3,(H,29,33). The maximum Gasteiger partial charge on any atom is 0.416 e. The van der Waals surface area contributed by atoms with Crippen LogP contribution in [0.4, 0.5) is 30.2 Å². The molecule has 0 saturated carbocycles. The van der Waals surface area contributed by atoms with Crippen molar-refractivity contribution in [2.45, 2.75) is 19.7 Å². The molecule has 2 aromatic carbocycles. The maximum absolute atomic E-state index is 13.2. The van der Waals surface area contributed by atoms with E-state index in [4.69, 9.17) is 4.42 Å². The van der Waals surface area contributed by atoms with E-state index in [0.29, 0.717) is 16.6 Å². The van der Waals surface area contributed by atoms with Crippen LogP contribution in [0.15, 0.2) is 70.2 Å². The van der Waals surface area contributed by atoms with Crippen molar-refractivity contribution >= 4 is 33.9 Å². The molecule has 0 unspecified atom stereocenters. The first-order valence-corrected chi connectivity index (χ1v) is 10.4. The summed E-state index contributed by atoms with van der Waals surface area (Å²) in [5.74, 6) is -0.820. The maximum atomic E-state index is 13.2. The highest BCUT2D eigenvalue weighted by atomic mass is 19.4. The second-order valence-electron chi connectivity index (χ2n) is 7.65. The number of alkyl halides is 3. The number of aryl methyl sites for hydroxylation is 1. The Morgan fingerprint density at radius 2 is 1.92 bits per heavy atom. The van der Waals surface area contributed by atoms with Gasteiger partial charge in [0.1, 0.15) is 5.56 Å². The monoisotopic (exact) mass is 498 g/mol. The van der Waals surface area contributed by atoms with Gasteiger partial charge in [-0.3, -0.25) is 19.9 Å². The van der Waals surface area contributed by atoms with E-state index in [1.807, 2.05) is 0 Å². The number of nitro groups is 1. The summed E-state index contributed by atoms with van der Waals surface area (Å²) < 4.78 is 45.2. The minimum atomic E-state index is -4.60. The van der Waals surface area contributed by atoms with Gasteiger partial charge >= 0.3 is 6.18 Å². The second kappa shape index (κ2) is 9.58. The van der Waals surface area contributed by atoms with Crippen LogP contribution in [0.3, 0.4) is 0 Å². The van der Waals surface area contributed by atoms with Crippen molar-refractivity contribution in [1.82, 2.24) is 4.98 Å². The Morgan fingerprint density at radius 3 is 2.56 bits per heavy atom. The number of aliphatic hydroxyl groups is 1. The number of amides is 1. The van der Waals surface area contributed by atoms with Crippen molar-refractivity contribution in [1.29, 1.82) is 0 Å². The van der Waals surface area contributed by atoms with E-state index >= 15 is 0 Å². The first kappa shape index (κ1) is 24.5. The number of carbonyl (C=O) groups is 1. The zero-order chi connectivity index (χ0) is 26.0. The first-order valence-electron chi connectivity index (χ1n) is 10.4. The van der Waals surface area contributed by atoms with Crippen molar-refractivity contribution < 1.29 is 32.4 Å². The molecule has 0 aliphatic heterocycles. The third-order valence-corrected chi connectivity index (χ3v) is 5.20. The number of nitrogens with one attached hydrogen (secondary N) is 1. The van der Waals surface area contributed by atoms with Gasteiger partial charge in [-0.25, -0.2) is 4.99 Å². The normalized spacial score (nSPS) is 12.1. The van der Waals surface area contributed by atoms with Crippen molar-refractivity contribution in [3.8, 4) is 0 Å². The molecule has 2 N–H and O–H groups in total. The van der Waals surface area contributed by atoms with Crippen molar-refractivity contribution in [3.63, 3.8) is 0 Å². The predicted octanol–water partition coefficient (Wildman–Crippen LogP) is 5.04. The molecular formula is C24H17F3N4O5. The molecule has 2 aromatic heterocycles. The lowest BCUT2D eigenvalue weighted by atomic mass is 10.1. The number of nitrogens with zero attached hydrogens (tertiary/aromatic N) is 3. The number of anilines is 1. The fourth-order valence-corrected chi connectivity index (χ4v) is 3.40. The molecule has 1 amide bonds. The molecule has 0 radical (unpaired) electrons. The molecule has 184 valence electrons. The summed E-state index contributed by atoms with van der Waals surface area (Å²) in [6.07, 6.45) is -3.19. The van der Waals surface area contributed by atoms with Crippen LogP contribution >= 0.6 is 0 Å². The van der Waals surface area contributed by atoms with Gasteiger partial charge in [0.25, 0.3) is 11.6 Å². The fourth-order valence-electron chi connectivity index (χ4n) is 3.40. The fraction of sp³-hybridized carbons (Fsp3) is 0.125. The van der Waals surface area contributed by atoms with Gasteiger partial charge in [-0.2, -0.15) is 13.2 Å². The van der Waals surface area contributed by atoms with Crippen LogP contribution in [0.2, 0.25) is 0 Å². The molecule has 0 saturated heterocycles. The Hall–Kier alpha value is -4.58. The van der Waals surface area contributed by atoms with Gasteiger partial charge in [0.15, 0.2) is 5.58 Å². The number of aliphatic hydroxyl groups excluding tert-OH is 1. The van der Waals surface area contributed by atoms with Crippen LogP contribution in [0.1, 0.15) is 27.2 Å². The Morgan fingerprint density at radius 1 is 1.19 bits per heavy atom. The number of non-ortho nitro benzene ring substituents is 1. The van der Waals surface area contributed by atoms with Crippen molar-refractivity contribution in [3.05, 3.63) is 98.8 Å². The summed E-state index contributed by atoms with van der Waals surface area (Å²) in [4.78, 5) is 32.0. The third-order valence-electron chi connectivity index (χ3n) is 5.20. The Kier molecular flexibility index (Phi) is 6.53. The van der Waals surface area contributed by atoms with Gasteiger partial charge in [0, 0.05) is 35.0 Å². The smallest absolute Gasteiger partial charge is 0.416 e. The number of rotatable bonds is 5. The van der Waals surface area contributed by atoms with Crippen molar-refractivity contribution in [2.75, 3.05) is 5.32 Å². The molecule has 9 nitrogen and oxygen atoms in total. The summed E-state index contributed by atoms with van der Waals surface area (Å²) in [6.45, 7) is 1.23. The molecule has 0 bridgehead atoms. The van der Waals surface area contributed by atoms with Crippen LogP contribution in [-0.4, -0.2) is 20.9 Å². The van der Waals surface area contributed by atoms with Crippen LogP contribution in [0.25, 0.3) is 11.0 Å². The molecule has 0 aliphatic carbocycles. The van der Waals surface area contributed by atoms with Gasteiger partial charge < -0.3 is 14.8 Å². The molecule has 0 atom stereocenters. The average Bonchev–Trinajstić information content (AvgIpc) is 2.84. The van der Waals surface area contributed by atoms with E-state index in [-0.39, 0.29) is 33.8 Å². The van der Waals surface area contributed by atoms with E-state index in [9.17, 15) is 33.2 Å². The lowest BCUT2D eigenvalue weighted by Crippen LogP contribution is -2.22. The van der Waals surface area contributed by atoms with E-state index in [1.165, 1.54) is 42.6 Å². The summed E-state index contributed by atoms with van der Waals surface area (Å²) in [7, 11) is 0. The molecule has 12 heteroatoms. The highest BCUT2D eigenvalue weighted by molar-refractivity contribution is 6.05. The first-order chi connectivity index (χ1) is 17.1. The molecule has 2 heterocycles. The number of carbonyl (C=O) groups excluding carboxylic acids is 1. The summed E-state index contributed by atoms with van der Waals surface area (Å²) in [5.41, 5.74) is -0.313. The van der Waals surface area contributed by atoms with E-state index < -0.39 is 29.2 Å². The number of halogens is 3. The Labute approximate surface area is 200 Å². The third kappa shape index (κ3) is 5.08. The molecule has 4 rings (SSSR count). The molecular weight excluding hydrogens is 481 g/mol. The number of aromatic nitrogens is 1. The number of nitro benzene ring substituents is 1. The van der Waals surface area contributed by atoms with E-state index in [1.54, 1.807) is 6.92 Å². The molecule has 36 heavy (non-hydrogen) atoms.